The number of imide groups is 1. The Morgan fingerprint density at radius 2 is 1.40 bits per heavy atom. The largest absolute Gasteiger partial charge is 0.453 e. The highest BCUT2D eigenvalue weighted by Crippen LogP contribution is 2.44. The average Bonchev–Trinajstić information content (AvgIpc) is 1.99. The van der Waals surface area contributed by atoms with Crippen LogP contribution in [0.3, 0.4) is 0 Å². The molecular weight excluding hydrogens is 225 g/mol. The Hall–Kier alpha value is -1.21. The second kappa shape index (κ2) is 3.42. The summed E-state index contributed by atoms with van der Waals surface area (Å²) >= 11 is 0. The molecule has 0 saturated carbocycles. The molecule has 1 aliphatic heterocycles. The zero-order valence-corrected chi connectivity index (χ0v) is 7.20. The molecule has 0 atom stereocenters. The smallest absolute Gasteiger partial charge is 0.296 e. The number of piperidine rings is 1. The number of rotatable bonds is 1. The molecule has 0 bridgehead atoms. The lowest BCUT2D eigenvalue weighted by Crippen LogP contribution is -2.50. The van der Waals surface area contributed by atoms with Crippen molar-refractivity contribution in [1.29, 1.82) is 0 Å². The van der Waals surface area contributed by atoms with Gasteiger partial charge in [-0.25, -0.2) is 0 Å². The molecule has 1 fully saturated rings. The minimum Gasteiger partial charge on any atom is -0.296 e. The summed E-state index contributed by atoms with van der Waals surface area (Å²) < 4.78 is 61.0. The zero-order valence-electron chi connectivity index (χ0n) is 7.20. The molecule has 8 heteroatoms. The molecule has 1 saturated heterocycles. The molecule has 86 valence electrons. The van der Waals surface area contributed by atoms with Gasteiger partial charge in [-0.3, -0.25) is 14.9 Å². The van der Waals surface area contributed by atoms with Crippen LogP contribution in [0.1, 0.15) is 12.8 Å². The van der Waals surface area contributed by atoms with Crippen LogP contribution in [0.5, 0.6) is 0 Å². The first-order chi connectivity index (χ1) is 6.64. The van der Waals surface area contributed by atoms with E-state index in [-0.39, 0.29) is 0 Å². The van der Waals surface area contributed by atoms with Crippen molar-refractivity contribution in [2.45, 2.75) is 24.9 Å². The van der Waals surface area contributed by atoms with Crippen LogP contribution in [0, 0.1) is 5.92 Å². The standard InChI is InChI=1S/C7H6F5NO2/c8-6(9,7(10,11)12)3-1-4(14)13-5(15)2-3/h3H,1-2H2,(H,13,14,15). The van der Waals surface area contributed by atoms with E-state index in [9.17, 15) is 31.5 Å². The molecule has 0 aliphatic carbocycles. The van der Waals surface area contributed by atoms with Gasteiger partial charge in [-0.1, -0.05) is 0 Å². The van der Waals surface area contributed by atoms with Gasteiger partial charge in [0.15, 0.2) is 0 Å². The van der Waals surface area contributed by atoms with Crippen LogP contribution in [0.25, 0.3) is 0 Å². The van der Waals surface area contributed by atoms with Crippen molar-refractivity contribution in [2.24, 2.45) is 5.92 Å². The highest BCUT2D eigenvalue weighted by molar-refractivity contribution is 5.97. The Kier molecular flexibility index (Phi) is 2.71. The average molecular weight is 231 g/mol. The maximum Gasteiger partial charge on any atom is 0.453 e. The summed E-state index contributed by atoms with van der Waals surface area (Å²) in [6, 6.07) is 0. The van der Waals surface area contributed by atoms with Crippen LogP contribution in [0.15, 0.2) is 0 Å². The van der Waals surface area contributed by atoms with Crippen molar-refractivity contribution in [3.8, 4) is 0 Å². The molecule has 0 aromatic rings. The van der Waals surface area contributed by atoms with E-state index in [1.807, 2.05) is 0 Å². The van der Waals surface area contributed by atoms with E-state index in [1.54, 1.807) is 5.32 Å². The van der Waals surface area contributed by atoms with Gasteiger partial charge in [-0.2, -0.15) is 22.0 Å². The van der Waals surface area contributed by atoms with Crippen molar-refractivity contribution in [3.05, 3.63) is 0 Å². The quantitative estimate of drug-likeness (QED) is 0.545. The predicted octanol–water partition coefficient (Wildman–Crippen LogP) is 1.24. The van der Waals surface area contributed by atoms with Gasteiger partial charge in [0.25, 0.3) is 0 Å². The van der Waals surface area contributed by atoms with Crippen LogP contribution in [0.4, 0.5) is 22.0 Å². The monoisotopic (exact) mass is 231 g/mol. The van der Waals surface area contributed by atoms with E-state index < -0.39 is 42.7 Å². The summed E-state index contributed by atoms with van der Waals surface area (Å²) in [4.78, 5) is 21.2. The fourth-order valence-electron chi connectivity index (χ4n) is 1.27. The molecule has 0 aromatic carbocycles. The number of halogens is 5. The molecule has 1 N–H and O–H groups in total. The highest BCUT2D eigenvalue weighted by Gasteiger charge is 2.63. The first kappa shape index (κ1) is 11.9. The Bertz CT molecular complexity index is 282. The summed E-state index contributed by atoms with van der Waals surface area (Å²) in [5.74, 6) is -9.54. The number of hydrogen-bond acceptors (Lipinski definition) is 2. The molecule has 0 radical (unpaired) electrons. The van der Waals surface area contributed by atoms with E-state index in [0.717, 1.165) is 0 Å². The summed E-state index contributed by atoms with van der Waals surface area (Å²) in [7, 11) is 0. The third kappa shape index (κ3) is 2.24. The first-order valence-electron chi connectivity index (χ1n) is 3.92. The van der Waals surface area contributed by atoms with Crippen molar-refractivity contribution in [1.82, 2.24) is 5.32 Å². The number of alkyl halides is 5. The van der Waals surface area contributed by atoms with Gasteiger partial charge in [-0.05, 0) is 0 Å². The zero-order chi connectivity index (χ0) is 11.9. The van der Waals surface area contributed by atoms with E-state index in [1.165, 1.54) is 0 Å². The van der Waals surface area contributed by atoms with Gasteiger partial charge < -0.3 is 0 Å². The molecule has 0 aromatic heterocycles. The third-order valence-corrected chi connectivity index (χ3v) is 2.03. The van der Waals surface area contributed by atoms with E-state index in [2.05, 4.69) is 0 Å². The summed E-state index contributed by atoms with van der Waals surface area (Å²) in [6.45, 7) is 0. The summed E-state index contributed by atoms with van der Waals surface area (Å²) in [5, 5.41) is 1.65. The lowest BCUT2D eigenvalue weighted by molar-refractivity contribution is -0.303. The minimum absolute atomic E-state index is 1.00. The number of hydrogen-bond donors (Lipinski definition) is 1. The number of amides is 2. The van der Waals surface area contributed by atoms with Crippen molar-refractivity contribution in [2.75, 3.05) is 0 Å². The summed E-state index contributed by atoms with van der Waals surface area (Å²) in [5.41, 5.74) is 0. The van der Waals surface area contributed by atoms with Crippen molar-refractivity contribution < 1.29 is 31.5 Å². The van der Waals surface area contributed by atoms with E-state index in [0.29, 0.717) is 0 Å². The molecule has 0 spiro atoms. The predicted molar refractivity (Wildman–Crippen MR) is 36.9 cm³/mol. The molecule has 1 aliphatic rings. The van der Waals surface area contributed by atoms with E-state index >= 15 is 0 Å². The van der Waals surface area contributed by atoms with Gasteiger partial charge in [0.1, 0.15) is 0 Å². The molecule has 2 amide bonds. The van der Waals surface area contributed by atoms with E-state index in [4.69, 9.17) is 0 Å². The van der Waals surface area contributed by atoms with Gasteiger partial charge in [0, 0.05) is 18.8 Å². The molecule has 3 nitrogen and oxygen atoms in total. The van der Waals surface area contributed by atoms with Gasteiger partial charge in [-0.15, -0.1) is 0 Å². The van der Waals surface area contributed by atoms with Crippen LogP contribution in [-0.2, 0) is 9.59 Å². The molecule has 0 unspecified atom stereocenters. The van der Waals surface area contributed by atoms with Gasteiger partial charge in [0.2, 0.25) is 11.8 Å². The van der Waals surface area contributed by atoms with Crippen LogP contribution >= 0.6 is 0 Å². The van der Waals surface area contributed by atoms with Crippen molar-refractivity contribution in [3.63, 3.8) is 0 Å². The summed E-state index contributed by atoms with van der Waals surface area (Å²) in [6.07, 6.45) is -7.74. The lowest BCUT2D eigenvalue weighted by Gasteiger charge is -2.30. The maximum atomic E-state index is 12.7. The Morgan fingerprint density at radius 1 is 1.00 bits per heavy atom. The maximum absolute atomic E-state index is 12.7. The second-order valence-electron chi connectivity index (χ2n) is 3.20. The third-order valence-electron chi connectivity index (χ3n) is 2.03. The fraction of sp³-hybridized carbons (Fsp3) is 0.714. The molecule has 1 rings (SSSR count). The highest BCUT2D eigenvalue weighted by atomic mass is 19.4. The van der Waals surface area contributed by atoms with Crippen molar-refractivity contribution >= 4 is 11.8 Å². The topological polar surface area (TPSA) is 46.2 Å². The van der Waals surface area contributed by atoms with Gasteiger partial charge >= 0.3 is 12.1 Å². The fourth-order valence-corrected chi connectivity index (χ4v) is 1.27. The minimum atomic E-state index is -5.74. The van der Waals surface area contributed by atoms with Gasteiger partial charge in [0.05, 0.1) is 0 Å². The molecule has 15 heavy (non-hydrogen) atoms. The number of carbonyl (C=O) groups is 2. The lowest BCUT2D eigenvalue weighted by atomic mass is 9.90. The van der Waals surface area contributed by atoms with Crippen LogP contribution in [0.2, 0.25) is 0 Å². The first-order valence-corrected chi connectivity index (χ1v) is 3.92. The van der Waals surface area contributed by atoms with Crippen LogP contribution < -0.4 is 5.32 Å². The molecular formula is C7H6F5NO2. The Labute approximate surface area is 80.6 Å². The Balaban J connectivity index is 2.88. The number of carbonyl (C=O) groups excluding carboxylic acids is 2. The van der Waals surface area contributed by atoms with Crippen LogP contribution in [-0.4, -0.2) is 23.9 Å². The SMILES string of the molecule is O=C1CC(C(F)(F)C(F)(F)F)CC(=O)N1. The normalized spacial score (nSPS) is 20.3. The molecule has 1 heterocycles. The second-order valence-corrected chi connectivity index (χ2v) is 3.20. The Morgan fingerprint density at radius 3 is 1.73 bits per heavy atom. The number of nitrogens with one attached hydrogen (secondary N) is 1.